The molecule has 1 nitrogen and oxygen atoms in total. The second-order valence-corrected chi connectivity index (χ2v) is 5.21. The summed E-state index contributed by atoms with van der Waals surface area (Å²) in [6.45, 7) is 2.28. The Kier molecular flexibility index (Phi) is 7.54. The standard InChI is InChI=1S/C15H29N/c1-3-4-5-6-10-13-15(16-2)14-11-8-7-9-12-14/h14H,3-13H2,1-2H3/b16-15+. The molecule has 0 aliphatic heterocycles. The number of hydrogen-bond donors (Lipinski definition) is 0. The molecule has 94 valence electrons. The summed E-state index contributed by atoms with van der Waals surface area (Å²) in [7, 11) is 2.00. The van der Waals surface area contributed by atoms with Crippen LogP contribution >= 0.6 is 0 Å². The summed E-state index contributed by atoms with van der Waals surface area (Å²) < 4.78 is 0. The molecule has 0 N–H and O–H groups in total. The van der Waals surface area contributed by atoms with E-state index in [1.54, 1.807) is 0 Å². The smallest absolute Gasteiger partial charge is 0.0276 e. The number of hydrogen-bond acceptors (Lipinski definition) is 1. The number of rotatable bonds is 7. The maximum atomic E-state index is 4.55. The number of aliphatic imine (C=N–C) groups is 1. The van der Waals surface area contributed by atoms with Crippen molar-refractivity contribution in [2.24, 2.45) is 10.9 Å². The van der Waals surface area contributed by atoms with E-state index >= 15 is 0 Å². The fraction of sp³-hybridized carbons (Fsp3) is 0.933. The zero-order valence-electron chi connectivity index (χ0n) is 11.3. The van der Waals surface area contributed by atoms with Crippen LogP contribution < -0.4 is 0 Å². The molecule has 1 fully saturated rings. The summed E-state index contributed by atoms with van der Waals surface area (Å²) in [6, 6.07) is 0. The Morgan fingerprint density at radius 2 is 1.69 bits per heavy atom. The number of nitrogens with zero attached hydrogens (tertiary/aromatic N) is 1. The Labute approximate surface area is 102 Å². The molecule has 0 heterocycles. The van der Waals surface area contributed by atoms with Crippen LogP contribution in [0.3, 0.4) is 0 Å². The highest BCUT2D eigenvalue weighted by Gasteiger charge is 2.17. The summed E-state index contributed by atoms with van der Waals surface area (Å²) in [4.78, 5) is 4.55. The second-order valence-electron chi connectivity index (χ2n) is 5.21. The van der Waals surface area contributed by atoms with Crippen molar-refractivity contribution in [1.82, 2.24) is 0 Å². The van der Waals surface area contributed by atoms with Gasteiger partial charge in [0.15, 0.2) is 0 Å². The minimum absolute atomic E-state index is 0.838. The van der Waals surface area contributed by atoms with Gasteiger partial charge in [-0.1, -0.05) is 51.9 Å². The molecule has 0 bridgehead atoms. The lowest BCUT2D eigenvalue weighted by Crippen LogP contribution is -2.17. The van der Waals surface area contributed by atoms with Gasteiger partial charge in [0, 0.05) is 12.8 Å². The van der Waals surface area contributed by atoms with Crippen molar-refractivity contribution in [2.75, 3.05) is 7.05 Å². The van der Waals surface area contributed by atoms with Crippen LogP contribution in [0.4, 0.5) is 0 Å². The molecule has 0 radical (unpaired) electrons. The van der Waals surface area contributed by atoms with E-state index in [0.29, 0.717) is 0 Å². The molecule has 0 saturated heterocycles. The van der Waals surface area contributed by atoms with Gasteiger partial charge < -0.3 is 0 Å². The van der Waals surface area contributed by atoms with Gasteiger partial charge in [0.1, 0.15) is 0 Å². The zero-order chi connectivity index (χ0) is 11.6. The van der Waals surface area contributed by atoms with Gasteiger partial charge in [-0.2, -0.15) is 0 Å². The first-order valence-electron chi connectivity index (χ1n) is 7.34. The highest BCUT2D eigenvalue weighted by Crippen LogP contribution is 2.26. The van der Waals surface area contributed by atoms with E-state index in [-0.39, 0.29) is 0 Å². The van der Waals surface area contributed by atoms with Crippen LogP contribution in [0.5, 0.6) is 0 Å². The summed E-state index contributed by atoms with van der Waals surface area (Å²) in [5.41, 5.74) is 1.52. The van der Waals surface area contributed by atoms with Gasteiger partial charge in [-0.05, 0) is 31.6 Å². The lowest BCUT2D eigenvalue weighted by atomic mass is 9.84. The van der Waals surface area contributed by atoms with E-state index in [2.05, 4.69) is 11.9 Å². The molecule has 16 heavy (non-hydrogen) atoms. The predicted octanol–water partition coefficient (Wildman–Crippen LogP) is 5.00. The molecule has 0 aromatic heterocycles. The summed E-state index contributed by atoms with van der Waals surface area (Å²) in [5.74, 6) is 0.838. The SMILES string of the molecule is CCCCCCC/C(=N\C)C1CCCCC1. The van der Waals surface area contributed by atoms with Crippen molar-refractivity contribution < 1.29 is 0 Å². The van der Waals surface area contributed by atoms with Gasteiger partial charge in [0.25, 0.3) is 0 Å². The highest BCUT2D eigenvalue weighted by atomic mass is 14.7. The molecule has 0 unspecified atom stereocenters. The van der Waals surface area contributed by atoms with Crippen molar-refractivity contribution in [3.63, 3.8) is 0 Å². The summed E-state index contributed by atoms with van der Waals surface area (Å²) in [5, 5.41) is 0. The van der Waals surface area contributed by atoms with E-state index in [1.165, 1.54) is 76.3 Å². The van der Waals surface area contributed by atoms with Gasteiger partial charge in [0.05, 0.1) is 0 Å². The van der Waals surface area contributed by atoms with Crippen LogP contribution in [0.15, 0.2) is 4.99 Å². The minimum atomic E-state index is 0.838. The van der Waals surface area contributed by atoms with Gasteiger partial charge in [-0.25, -0.2) is 0 Å². The first-order chi connectivity index (χ1) is 7.88. The van der Waals surface area contributed by atoms with Crippen LogP contribution in [0.25, 0.3) is 0 Å². The molecule has 0 spiro atoms. The van der Waals surface area contributed by atoms with E-state index in [1.807, 2.05) is 7.05 Å². The Hall–Kier alpha value is -0.330. The molecular weight excluding hydrogens is 194 g/mol. The van der Waals surface area contributed by atoms with Crippen molar-refractivity contribution in [3.8, 4) is 0 Å². The summed E-state index contributed by atoms with van der Waals surface area (Å²) in [6.07, 6.45) is 15.3. The zero-order valence-corrected chi connectivity index (χ0v) is 11.3. The Morgan fingerprint density at radius 3 is 2.31 bits per heavy atom. The van der Waals surface area contributed by atoms with Gasteiger partial charge in [-0.15, -0.1) is 0 Å². The minimum Gasteiger partial charge on any atom is -0.297 e. The molecule has 1 rings (SSSR count). The Balaban J connectivity index is 2.16. The third-order valence-electron chi connectivity index (χ3n) is 3.90. The normalized spacial score (nSPS) is 19.0. The molecule has 0 aromatic rings. The first-order valence-corrected chi connectivity index (χ1v) is 7.34. The Morgan fingerprint density at radius 1 is 1.00 bits per heavy atom. The van der Waals surface area contributed by atoms with Gasteiger partial charge >= 0.3 is 0 Å². The van der Waals surface area contributed by atoms with Crippen LogP contribution in [0, 0.1) is 5.92 Å². The third kappa shape index (κ3) is 5.14. The third-order valence-corrected chi connectivity index (χ3v) is 3.90. The van der Waals surface area contributed by atoms with Crippen LogP contribution in [-0.2, 0) is 0 Å². The van der Waals surface area contributed by atoms with Gasteiger partial charge in [-0.3, -0.25) is 4.99 Å². The molecular formula is C15H29N. The molecule has 1 saturated carbocycles. The second kappa shape index (κ2) is 8.78. The van der Waals surface area contributed by atoms with Gasteiger partial charge in [0.2, 0.25) is 0 Å². The van der Waals surface area contributed by atoms with Crippen LogP contribution in [0.2, 0.25) is 0 Å². The maximum absolute atomic E-state index is 4.55. The first kappa shape index (κ1) is 13.7. The van der Waals surface area contributed by atoms with Crippen LogP contribution in [-0.4, -0.2) is 12.8 Å². The fourth-order valence-corrected chi connectivity index (χ4v) is 2.84. The van der Waals surface area contributed by atoms with E-state index in [9.17, 15) is 0 Å². The topological polar surface area (TPSA) is 12.4 Å². The predicted molar refractivity (Wildman–Crippen MR) is 73.3 cm³/mol. The molecule has 0 amide bonds. The lowest BCUT2D eigenvalue weighted by Gasteiger charge is -2.23. The molecule has 1 heteroatoms. The van der Waals surface area contributed by atoms with Crippen molar-refractivity contribution in [2.45, 2.75) is 77.6 Å². The van der Waals surface area contributed by atoms with E-state index < -0.39 is 0 Å². The molecule has 1 aliphatic rings. The average molecular weight is 223 g/mol. The van der Waals surface area contributed by atoms with E-state index in [0.717, 1.165) is 5.92 Å². The fourth-order valence-electron chi connectivity index (χ4n) is 2.84. The quantitative estimate of drug-likeness (QED) is 0.425. The lowest BCUT2D eigenvalue weighted by molar-refractivity contribution is 0.433. The molecule has 1 aliphatic carbocycles. The van der Waals surface area contributed by atoms with Crippen molar-refractivity contribution >= 4 is 5.71 Å². The average Bonchev–Trinajstić information content (AvgIpc) is 2.35. The largest absolute Gasteiger partial charge is 0.297 e. The van der Waals surface area contributed by atoms with Crippen LogP contribution in [0.1, 0.15) is 77.6 Å². The monoisotopic (exact) mass is 223 g/mol. The highest BCUT2D eigenvalue weighted by molar-refractivity contribution is 5.86. The Bertz CT molecular complexity index is 190. The van der Waals surface area contributed by atoms with Crippen molar-refractivity contribution in [3.05, 3.63) is 0 Å². The van der Waals surface area contributed by atoms with E-state index in [4.69, 9.17) is 0 Å². The molecule has 0 atom stereocenters. The molecule has 0 aromatic carbocycles. The van der Waals surface area contributed by atoms with Crippen molar-refractivity contribution in [1.29, 1.82) is 0 Å². The number of unbranched alkanes of at least 4 members (excludes halogenated alkanes) is 4. The maximum Gasteiger partial charge on any atom is 0.0276 e. The summed E-state index contributed by atoms with van der Waals surface area (Å²) >= 11 is 0.